The smallest absolute Gasteiger partial charge is 0.310 e. The summed E-state index contributed by atoms with van der Waals surface area (Å²) in [6.45, 7) is 8.85. The highest BCUT2D eigenvalue weighted by molar-refractivity contribution is 5.74. The maximum atomic E-state index is 11.2. The summed E-state index contributed by atoms with van der Waals surface area (Å²) in [4.78, 5) is 15.8. The second-order valence-corrected chi connectivity index (χ2v) is 4.88. The normalized spacial score (nSPS) is 37.1. The number of piperazine rings is 3. The lowest BCUT2D eigenvalue weighted by atomic mass is 9.81. The molecule has 0 aromatic rings. The molecule has 0 amide bonds. The van der Waals surface area contributed by atoms with E-state index in [2.05, 4.69) is 9.80 Å². The van der Waals surface area contributed by atoms with E-state index in [1.165, 1.54) is 0 Å². The van der Waals surface area contributed by atoms with Crippen molar-refractivity contribution >= 4 is 5.97 Å². The van der Waals surface area contributed by atoms with Gasteiger partial charge in [0.15, 0.2) is 0 Å². The van der Waals surface area contributed by atoms with Crippen LogP contribution in [-0.4, -0.2) is 59.6 Å². The summed E-state index contributed by atoms with van der Waals surface area (Å²) in [6, 6.07) is 0.183. The number of aliphatic carboxylic acids is 1. The number of hydrogen-bond acceptors (Lipinski definition) is 3. The van der Waals surface area contributed by atoms with Crippen LogP contribution in [-0.2, 0) is 4.79 Å². The molecule has 4 nitrogen and oxygen atoms in total. The number of fused-ring (bicyclic) bond motifs is 3. The third-order valence-corrected chi connectivity index (χ3v) is 3.66. The summed E-state index contributed by atoms with van der Waals surface area (Å²) in [5.74, 6) is -0.684. The van der Waals surface area contributed by atoms with Crippen LogP contribution in [0, 0.1) is 5.41 Å². The fraction of sp³-hybridized carbons (Fsp3) is 0.900. The van der Waals surface area contributed by atoms with Gasteiger partial charge >= 0.3 is 5.97 Å². The number of hydrogen-bond donors (Lipinski definition) is 1. The van der Waals surface area contributed by atoms with Crippen LogP contribution in [0.2, 0.25) is 0 Å². The predicted molar refractivity (Wildman–Crippen MR) is 53.2 cm³/mol. The minimum atomic E-state index is -0.684. The van der Waals surface area contributed by atoms with E-state index in [-0.39, 0.29) is 6.04 Å². The Kier molecular flexibility index (Phi) is 2.27. The van der Waals surface area contributed by atoms with E-state index in [4.69, 9.17) is 0 Å². The van der Waals surface area contributed by atoms with Crippen LogP contribution in [0.3, 0.4) is 0 Å². The fourth-order valence-electron chi connectivity index (χ4n) is 2.44. The van der Waals surface area contributed by atoms with Gasteiger partial charge in [0.2, 0.25) is 0 Å². The number of carboxylic acid groups (broad SMARTS) is 1. The molecule has 80 valence electrons. The molecule has 3 heterocycles. The van der Waals surface area contributed by atoms with Crippen LogP contribution < -0.4 is 0 Å². The van der Waals surface area contributed by atoms with Gasteiger partial charge in [0.05, 0.1) is 5.41 Å². The van der Waals surface area contributed by atoms with Crippen LogP contribution in [0.4, 0.5) is 0 Å². The predicted octanol–water partition coefficient (Wildman–Crippen LogP) is 0.0970. The van der Waals surface area contributed by atoms with Crippen molar-refractivity contribution in [3.05, 3.63) is 0 Å². The molecule has 1 N–H and O–H groups in total. The first kappa shape index (κ1) is 9.93. The van der Waals surface area contributed by atoms with Crippen molar-refractivity contribution in [1.82, 2.24) is 9.80 Å². The lowest BCUT2D eigenvalue weighted by Crippen LogP contribution is -2.66. The Morgan fingerprint density at radius 1 is 1.29 bits per heavy atom. The molecule has 0 aromatic carbocycles. The minimum absolute atomic E-state index is 0.183. The van der Waals surface area contributed by atoms with E-state index < -0.39 is 11.4 Å². The van der Waals surface area contributed by atoms with Gasteiger partial charge in [-0.2, -0.15) is 0 Å². The quantitative estimate of drug-likeness (QED) is 0.683. The summed E-state index contributed by atoms with van der Waals surface area (Å²) in [6.07, 6.45) is 0. The van der Waals surface area contributed by atoms with Gasteiger partial charge in [-0.3, -0.25) is 14.6 Å². The molecule has 14 heavy (non-hydrogen) atoms. The van der Waals surface area contributed by atoms with Crippen molar-refractivity contribution in [3.63, 3.8) is 0 Å². The molecule has 3 aliphatic heterocycles. The van der Waals surface area contributed by atoms with Gasteiger partial charge in [-0.15, -0.1) is 0 Å². The van der Waals surface area contributed by atoms with Gasteiger partial charge in [0.25, 0.3) is 0 Å². The highest BCUT2D eigenvalue weighted by atomic mass is 16.4. The molecule has 3 saturated heterocycles. The molecule has 2 bridgehead atoms. The Balaban J connectivity index is 2.15. The number of rotatable bonds is 2. The molecule has 1 unspecified atom stereocenters. The van der Waals surface area contributed by atoms with Crippen molar-refractivity contribution in [1.29, 1.82) is 0 Å². The van der Waals surface area contributed by atoms with E-state index in [9.17, 15) is 9.90 Å². The van der Waals surface area contributed by atoms with E-state index in [0.29, 0.717) is 0 Å². The highest BCUT2D eigenvalue weighted by Crippen LogP contribution is 2.30. The summed E-state index contributed by atoms with van der Waals surface area (Å²) in [7, 11) is 0. The average Bonchev–Trinajstić information content (AvgIpc) is 2.19. The first-order valence-corrected chi connectivity index (χ1v) is 5.21. The molecule has 0 aliphatic carbocycles. The summed E-state index contributed by atoms with van der Waals surface area (Å²) in [5.41, 5.74) is -0.626. The van der Waals surface area contributed by atoms with Crippen LogP contribution >= 0.6 is 0 Å². The Morgan fingerprint density at radius 2 is 1.86 bits per heavy atom. The largest absolute Gasteiger partial charge is 0.481 e. The molecule has 0 aromatic heterocycles. The first-order chi connectivity index (χ1) is 6.51. The van der Waals surface area contributed by atoms with E-state index >= 15 is 0 Å². The topological polar surface area (TPSA) is 43.8 Å². The van der Waals surface area contributed by atoms with Crippen molar-refractivity contribution in [2.45, 2.75) is 19.9 Å². The van der Waals surface area contributed by atoms with Gasteiger partial charge in [0.1, 0.15) is 0 Å². The molecular formula is C10H18N2O2. The van der Waals surface area contributed by atoms with Gasteiger partial charge in [0, 0.05) is 38.8 Å². The zero-order valence-corrected chi connectivity index (χ0v) is 8.86. The zero-order valence-electron chi connectivity index (χ0n) is 8.86. The van der Waals surface area contributed by atoms with Crippen molar-refractivity contribution < 1.29 is 9.90 Å². The third kappa shape index (κ3) is 1.42. The molecule has 0 saturated carbocycles. The van der Waals surface area contributed by atoms with E-state index in [1.54, 1.807) is 0 Å². The molecule has 4 heteroatoms. The van der Waals surface area contributed by atoms with Crippen LogP contribution in [0.15, 0.2) is 0 Å². The summed E-state index contributed by atoms with van der Waals surface area (Å²) in [5, 5.41) is 9.18. The molecular weight excluding hydrogens is 180 g/mol. The minimum Gasteiger partial charge on any atom is -0.481 e. The first-order valence-electron chi connectivity index (χ1n) is 5.21. The van der Waals surface area contributed by atoms with Crippen molar-refractivity contribution in [2.24, 2.45) is 5.41 Å². The Hall–Kier alpha value is -0.610. The van der Waals surface area contributed by atoms with Crippen LogP contribution in [0.1, 0.15) is 13.8 Å². The maximum absolute atomic E-state index is 11.2. The number of carbonyl (C=O) groups is 1. The third-order valence-electron chi connectivity index (χ3n) is 3.66. The van der Waals surface area contributed by atoms with Crippen LogP contribution in [0.25, 0.3) is 0 Å². The number of carboxylic acids is 1. The molecule has 0 spiro atoms. The van der Waals surface area contributed by atoms with Crippen molar-refractivity contribution in [2.75, 3.05) is 32.7 Å². The summed E-state index contributed by atoms with van der Waals surface area (Å²) >= 11 is 0. The molecule has 3 aliphatic rings. The SMILES string of the molecule is CC(C)(C(=O)O)C1CN2CCN1CC2. The number of nitrogens with zero attached hydrogens (tertiary/aromatic N) is 2. The maximum Gasteiger partial charge on any atom is 0.310 e. The average molecular weight is 198 g/mol. The van der Waals surface area contributed by atoms with Crippen LogP contribution in [0.5, 0.6) is 0 Å². The van der Waals surface area contributed by atoms with Gasteiger partial charge < -0.3 is 5.11 Å². The van der Waals surface area contributed by atoms with Gasteiger partial charge in [-0.05, 0) is 13.8 Å². The lowest BCUT2D eigenvalue weighted by Gasteiger charge is -2.51. The molecule has 3 rings (SSSR count). The fourth-order valence-corrected chi connectivity index (χ4v) is 2.44. The Bertz CT molecular complexity index is 245. The van der Waals surface area contributed by atoms with Crippen molar-refractivity contribution in [3.8, 4) is 0 Å². The summed E-state index contributed by atoms with van der Waals surface area (Å²) < 4.78 is 0. The molecule has 1 atom stereocenters. The van der Waals surface area contributed by atoms with E-state index in [1.807, 2.05) is 13.8 Å². The monoisotopic (exact) mass is 198 g/mol. The Labute approximate surface area is 84.5 Å². The lowest BCUT2D eigenvalue weighted by molar-refractivity contribution is -0.155. The second kappa shape index (κ2) is 3.21. The molecule has 3 fully saturated rings. The highest BCUT2D eigenvalue weighted by Gasteiger charge is 2.45. The molecule has 0 radical (unpaired) electrons. The standard InChI is InChI=1S/C10H18N2O2/c1-10(2,9(13)14)8-7-11-3-5-12(8)6-4-11/h8H,3-7H2,1-2H3,(H,13,14). The Morgan fingerprint density at radius 3 is 2.21 bits per heavy atom. The van der Waals surface area contributed by atoms with E-state index in [0.717, 1.165) is 32.7 Å². The second-order valence-electron chi connectivity index (χ2n) is 4.88. The van der Waals surface area contributed by atoms with Gasteiger partial charge in [-0.1, -0.05) is 0 Å². The zero-order chi connectivity index (χ0) is 10.3. The van der Waals surface area contributed by atoms with Gasteiger partial charge in [-0.25, -0.2) is 0 Å².